The van der Waals surface area contributed by atoms with Crippen molar-refractivity contribution >= 4 is 5.91 Å². The molecule has 1 aromatic carbocycles. The molecular weight excluding hydrogens is 349 g/mol. The Morgan fingerprint density at radius 3 is 2.85 bits per heavy atom. The van der Waals surface area contributed by atoms with E-state index in [-0.39, 0.29) is 29.4 Å². The van der Waals surface area contributed by atoms with Crippen molar-refractivity contribution in [1.82, 2.24) is 14.9 Å². The van der Waals surface area contributed by atoms with Gasteiger partial charge in [-0.15, -0.1) is 0 Å². The lowest BCUT2D eigenvalue weighted by Gasteiger charge is -2.16. The molecule has 2 N–H and O–H groups in total. The number of benzene rings is 1. The number of aliphatic hydroxyl groups is 1. The molecule has 27 heavy (non-hydrogen) atoms. The maximum Gasteiger partial charge on any atom is 0.287 e. The van der Waals surface area contributed by atoms with Gasteiger partial charge in [0.25, 0.3) is 5.91 Å². The van der Waals surface area contributed by atoms with E-state index in [1.54, 1.807) is 30.7 Å². The van der Waals surface area contributed by atoms with E-state index in [9.17, 15) is 14.3 Å². The summed E-state index contributed by atoms with van der Waals surface area (Å²) in [5, 5.41) is 13.2. The molecule has 0 spiro atoms. The van der Waals surface area contributed by atoms with Crippen molar-refractivity contribution in [2.45, 2.75) is 31.5 Å². The van der Waals surface area contributed by atoms with Gasteiger partial charge in [0, 0.05) is 24.5 Å². The van der Waals surface area contributed by atoms with E-state index in [0.29, 0.717) is 24.0 Å². The van der Waals surface area contributed by atoms with Crippen LogP contribution < -0.4 is 5.32 Å². The van der Waals surface area contributed by atoms with Crippen LogP contribution >= 0.6 is 0 Å². The Balaban J connectivity index is 1.44. The Morgan fingerprint density at radius 1 is 1.30 bits per heavy atom. The summed E-state index contributed by atoms with van der Waals surface area (Å²) in [6.07, 6.45) is 7.47. The number of carbonyl (C=O) groups is 1. The van der Waals surface area contributed by atoms with Gasteiger partial charge in [0.2, 0.25) is 0 Å². The maximum absolute atomic E-state index is 13.1. The van der Waals surface area contributed by atoms with E-state index in [2.05, 4.69) is 10.3 Å². The van der Waals surface area contributed by atoms with Gasteiger partial charge in [0.05, 0.1) is 24.7 Å². The van der Waals surface area contributed by atoms with Gasteiger partial charge in [-0.1, -0.05) is 12.1 Å². The Morgan fingerprint density at radius 2 is 2.11 bits per heavy atom. The zero-order valence-corrected chi connectivity index (χ0v) is 14.6. The van der Waals surface area contributed by atoms with Crippen LogP contribution in [0.2, 0.25) is 0 Å². The first kappa shape index (κ1) is 17.5. The fraction of sp³-hybridized carbons (Fsp3) is 0.300. The summed E-state index contributed by atoms with van der Waals surface area (Å²) in [6, 6.07) is 7.22. The number of halogens is 1. The Hall–Kier alpha value is -2.93. The van der Waals surface area contributed by atoms with E-state index in [0.717, 1.165) is 6.54 Å². The van der Waals surface area contributed by atoms with E-state index in [1.807, 2.05) is 10.8 Å². The Labute approximate surface area is 155 Å². The van der Waals surface area contributed by atoms with Crippen LogP contribution in [0.25, 0.3) is 11.1 Å². The van der Waals surface area contributed by atoms with Crippen LogP contribution in [-0.4, -0.2) is 32.7 Å². The summed E-state index contributed by atoms with van der Waals surface area (Å²) in [5.41, 5.74) is 1.29. The van der Waals surface area contributed by atoms with Crippen LogP contribution in [0.15, 0.2) is 59.7 Å². The monoisotopic (exact) mass is 369 g/mol. The van der Waals surface area contributed by atoms with Crippen molar-refractivity contribution < 1.29 is 18.7 Å². The molecule has 4 rings (SSSR count). The lowest BCUT2D eigenvalue weighted by Crippen LogP contribution is -2.39. The fourth-order valence-electron chi connectivity index (χ4n) is 3.69. The van der Waals surface area contributed by atoms with Gasteiger partial charge in [-0.05, 0) is 42.5 Å². The van der Waals surface area contributed by atoms with Crippen LogP contribution in [-0.2, 0) is 6.54 Å². The van der Waals surface area contributed by atoms with Gasteiger partial charge in [0.15, 0.2) is 5.76 Å². The maximum atomic E-state index is 13.1. The van der Waals surface area contributed by atoms with Crippen LogP contribution in [0, 0.1) is 11.7 Å². The van der Waals surface area contributed by atoms with Crippen molar-refractivity contribution in [3.05, 3.63) is 66.9 Å². The minimum Gasteiger partial charge on any atom is -0.459 e. The van der Waals surface area contributed by atoms with Gasteiger partial charge in [0.1, 0.15) is 5.82 Å². The molecule has 1 saturated carbocycles. The van der Waals surface area contributed by atoms with Crippen molar-refractivity contribution in [2.24, 2.45) is 5.92 Å². The molecule has 3 atom stereocenters. The number of carbonyl (C=O) groups excluding carboxylic acids is 1. The van der Waals surface area contributed by atoms with E-state index < -0.39 is 6.10 Å². The van der Waals surface area contributed by atoms with Crippen LogP contribution in [0.3, 0.4) is 0 Å². The summed E-state index contributed by atoms with van der Waals surface area (Å²) in [6.45, 7) is 0.755. The summed E-state index contributed by atoms with van der Waals surface area (Å²) < 4.78 is 20.5. The van der Waals surface area contributed by atoms with Crippen molar-refractivity contribution in [3.8, 4) is 11.1 Å². The minimum absolute atomic E-state index is 0.159. The SMILES string of the molecule is O=C(N[C@@H]1CC(Cn2ccnc2)C[C@H]1O)c1occc1-c1ccc(F)cc1. The lowest BCUT2D eigenvalue weighted by molar-refractivity contribution is 0.0847. The number of hydrogen-bond acceptors (Lipinski definition) is 4. The van der Waals surface area contributed by atoms with Crippen LogP contribution in [0.1, 0.15) is 23.4 Å². The van der Waals surface area contributed by atoms with Crippen LogP contribution in [0.4, 0.5) is 4.39 Å². The number of aliphatic hydroxyl groups excluding tert-OH is 1. The van der Waals surface area contributed by atoms with Gasteiger partial charge in [-0.3, -0.25) is 4.79 Å². The van der Waals surface area contributed by atoms with Gasteiger partial charge < -0.3 is 19.4 Å². The fourth-order valence-corrected chi connectivity index (χ4v) is 3.69. The summed E-state index contributed by atoms with van der Waals surface area (Å²) in [4.78, 5) is 16.7. The van der Waals surface area contributed by atoms with Crippen LogP contribution in [0.5, 0.6) is 0 Å². The van der Waals surface area contributed by atoms with Crippen molar-refractivity contribution in [1.29, 1.82) is 0 Å². The molecule has 7 heteroatoms. The smallest absolute Gasteiger partial charge is 0.287 e. The topological polar surface area (TPSA) is 80.3 Å². The lowest BCUT2D eigenvalue weighted by atomic mass is 10.1. The van der Waals surface area contributed by atoms with E-state index in [1.165, 1.54) is 18.4 Å². The highest BCUT2D eigenvalue weighted by Gasteiger charge is 2.35. The van der Waals surface area contributed by atoms with Crippen molar-refractivity contribution in [2.75, 3.05) is 0 Å². The highest BCUT2D eigenvalue weighted by molar-refractivity contribution is 5.98. The summed E-state index contributed by atoms with van der Waals surface area (Å²) >= 11 is 0. The van der Waals surface area contributed by atoms with E-state index in [4.69, 9.17) is 4.42 Å². The summed E-state index contributed by atoms with van der Waals surface area (Å²) in [7, 11) is 0. The average Bonchev–Trinajstić information content (AvgIpc) is 3.38. The Kier molecular flexibility index (Phi) is 4.77. The molecule has 0 saturated heterocycles. The second kappa shape index (κ2) is 7.36. The predicted molar refractivity (Wildman–Crippen MR) is 96.3 cm³/mol. The zero-order valence-electron chi connectivity index (χ0n) is 14.6. The first-order valence-corrected chi connectivity index (χ1v) is 8.88. The molecule has 1 fully saturated rings. The number of hydrogen-bond donors (Lipinski definition) is 2. The zero-order chi connectivity index (χ0) is 18.8. The third kappa shape index (κ3) is 3.78. The number of aromatic nitrogens is 2. The van der Waals surface area contributed by atoms with Gasteiger partial charge in [-0.25, -0.2) is 9.37 Å². The third-order valence-electron chi connectivity index (χ3n) is 5.00. The molecular formula is C20H20FN3O3. The van der Waals surface area contributed by atoms with E-state index >= 15 is 0 Å². The molecule has 1 unspecified atom stereocenters. The number of rotatable bonds is 5. The average molecular weight is 369 g/mol. The number of nitrogens with one attached hydrogen (secondary N) is 1. The van der Waals surface area contributed by atoms with Gasteiger partial charge in [-0.2, -0.15) is 0 Å². The molecule has 140 valence electrons. The highest BCUT2D eigenvalue weighted by Crippen LogP contribution is 2.29. The summed E-state index contributed by atoms with van der Waals surface area (Å²) in [5.74, 6) is -0.308. The number of amides is 1. The molecule has 2 heterocycles. The molecule has 2 aromatic heterocycles. The number of furan rings is 1. The number of imidazole rings is 1. The molecule has 0 radical (unpaired) electrons. The molecule has 1 amide bonds. The first-order chi connectivity index (χ1) is 13.1. The number of nitrogens with zero attached hydrogens (tertiary/aromatic N) is 2. The first-order valence-electron chi connectivity index (χ1n) is 8.88. The largest absolute Gasteiger partial charge is 0.459 e. The third-order valence-corrected chi connectivity index (χ3v) is 5.00. The second-order valence-electron chi connectivity index (χ2n) is 6.91. The molecule has 1 aliphatic carbocycles. The normalized spacial score (nSPS) is 22.1. The highest BCUT2D eigenvalue weighted by atomic mass is 19.1. The molecule has 6 nitrogen and oxygen atoms in total. The molecule has 3 aromatic rings. The Bertz CT molecular complexity index is 905. The predicted octanol–water partition coefficient (Wildman–Crippen LogP) is 2.85. The second-order valence-corrected chi connectivity index (χ2v) is 6.91. The van der Waals surface area contributed by atoms with Crippen molar-refractivity contribution in [3.63, 3.8) is 0 Å². The quantitative estimate of drug-likeness (QED) is 0.725. The minimum atomic E-state index is -0.605. The molecule has 1 aliphatic rings. The standard InChI is InChI=1S/C20H20FN3O3/c21-15-3-1-14(2-4-15)16-5-8-27-19(16)20(26)23-17-9-13(10-18(17)25)11-24-7-6-22-12-24/h1-8,12-13,17-18,25H,9-11H2,(H,23,26)/t13?,17-,18-/m1/s1. The molecule has 0 bridgehead atoms. The van der Waals surface area contributed by atoms with Gasteiger partial charge >= 0.3 is 0 Å². The molecule has 0 aliphatic heterocycles.